The van der Waals surface area contributed by atoms with Gasteiger partial charge in [-0.1, -0.05) is 15.9 Å². The largest absolute Gasteiger partial charge is 0.479 e. The first-order valence-electron chi connectivity index (χ1n) is 6.16. The van der Waals surface area contributed by atoms with E-state index < -0.39 is 6.10 Å². The summed E-state index contributed by atoms with van der Waals surface area (Å²) in [5.74, 6) is 0.489. The molecule has 1 aromatic carbocycles. The minimum Gasteiger partial charge on any atom is -0.479 e. The van der Waals surface area contributed by atoms with Crippen molar-refractivity contribution < 1.29 is 14.3 Å². The van der Waals surface area contributed by atoms with E-state index in [1.54, 1.807) is 24.0 Å². The van der Waals surface area contributed by atoms with Crippen molar-refractivity contribution in [1.82, 2.24) is 4.90 Å². The van der Waals surface area contributed by atoms with E-state index in [1.165, 1.54) is 0 Å². The van der Waals surface area contributed by atoms with Crippen LogP contribution in [-0.2, 0) is 9.53 Å². The Kier molecular flexibility index (Phi) is 4.66. The highest BCUT2D eigenvalue weighted by molar-refractivity contribution is 9.10. The van der Waals surface area contributed by atoms with Gasteiger partial charge in [0.05, 0.1) is 18.9 Å². The molecule has 6 heteroatoms. The van der Waals surface area contributed by atoms with Crippen molar-refractivity contribution in [2.24, 2.45) is 0 Å². The predicted octanol–water partition coefficient (Wildman–Crippen LogP) is 1.66. The van der Waals surface area contributed by atoms with Crippen LogP contribution in [0.15, 0.2) is 22.7 Å². The molecule has 1 heterocycles. The van der Waals surface area contributed by atoms with Gasteiger partial charge in [0.15, 0.2) is 6.10 Å². The number of nitrogens with two attached hydrogens (primary N) is 1. The molecule has 5 nitrogen and oxygen atoms in total. The standard InChI is InChI=1S/C13H17BrN2O3/c1-9(13(17)16-4-6-18-7-5-16)19-12-3-2-10(14)8-11(12)15/h2-3,8-9H,4-7,15H2,1H3. The number of anilines is 1. The number of nitrogens with zero attached hydrogens (tertiary/aromatic N) is 1. The Hall–Kier alpha value is -1.27. The third-order valence-electron chi connectivity index (χ3n) is 2.95. The van der Waals surface area contributed by atoms with Crippen LogP contribution in [0.2, 0.25) is 0 Å². The van der Waals surface area contributed by atoms with Crippen molar-refractivity contribution in [2.45, 2.75) is 13.0 Å². The zero-order chi connectivity index (χ0) is 13.8. The molecule has 1 unspecified atom stereocenters. The minimum absolute atomic E-state index is 0.0365. The number of halogens is 1. The number of nitrogen functional groups attached to an aromatic ring is 1. The first-order valence-corrected chi connectivity index (χ1v) is 6.95. The second-order valence-corrected chi connectivity index (χ2v) is 5.30. The fourth-order valence-corrected chi connectivity index (χ4v) is 2.29. The van der Waals surface area contributed by atoms with E-state index in [-0.39, 0.29) is 5.91 Å². The number of amides is 1. The van der Waals surface area contributed by atoms with Gasteiger partial charge in [-0.2, -0.15) is 0 Å². The number of ether oxygens (including phenoxy) is 2. The van der Waals surface area contributed by atoms with Crippen LogP contribution in [0.5, 0.6) is 5.75 Å². The van der Waals surface area contributed by atoms with Crippen LogP contribution in [0, 0.1) is 0 Å². The summed E-state index contributed by atoms with van der Waals surface area (Å²) in [7, 11) is 0. The van der Waals surface area contributed by atoms with Gasteiger partial charge in [0, 0.05) is 17.6 Å². The zero-order valence-corrected chi connectivity index (χ0v) is 12.4. The van der Waals surface area contributed by atoms with Crippen molar-refractivity contribution in [2.75, 3.05) is 32.0 Å². The van der Waals surface area contributed by atoms with Gasteiger partial charge in [0.2, 0.25) is 0 Å². The molecular weight excluding hydrogens is 312 g/mol. The summed E-state index contributed by atoms with van der Waals surface area (Å²) < 4.78 is 11.7. The second-order valence-electron chi connectivity index (χ2n) is 4.38. The molecule has 1 saturated heterocycles. The Labute approximate surface area is 120 Å². The number of carbonyl (C=O) groups excluding carboxylic acids is 1. The van der Waals surface area contributed by atoms with Gasteiger partial charge in [0.1, 0.15) is 5.75 Å². The zero-order valence-electron chi connectivity index (χ0n) is 10.8. The molecule has 1 aromatic rings. The Morgan fingerprint density at radius 2 is 2.16 bits per heavy atom. The van der Waals surface area contributed by atoms with Gasteiger partial charge in [-0.15, -0.1) is 0 Å². The number of carbonyl (C=O) groups is 1. The highest BCUT2D eigenvalue weighted by Gasteiger charge is 2.24. The fourth-order valence-electron chi connectivity index (χ4n) is 1.91. The van der Waals surface area contributed by atoms with Crippen LogP contribution < -0.4 is 10.5 Å². The van der Waals surface area contributed by atoms with Crippen molar-refractivity contribution in [1.29, 1.82) is 0 Å². The average Bonchev–Trinajstić information content (AvgIpc) is 2.42. The number of hydrogen-bond acceptors (Lipinski definition) is 4. The second kappa shape index (κ2) is 6.25. The molecule has 1 atom stereocenters. The Morgan fingerprint density at radius 1 is 1.47 bits per heavy atom. The maximum absolute atomic E-state index is 12.2. The van der Waals surface area contributed by atoms with E-state index in [1.807, 2.05) is 6.07 Å². The van der Waals surface area contributed by atoms with Gasteiger partial charge >= 0.3 is 0 Å². The van der Waals surface area contributed by atoms with Gasteiger partial charge < -0.3 is 20.1 Å². The lowest BCUT2D eigenvalue weighted by Gasteiger charge is -2.29. The first-order chi connectivity index (χ1) is 9.08. The van der Waals surface area contributed by atoms with Crippen LogP contribution in [0.1, 0.15) is 6.92 Å². The van der Waals surface area contributed by atoms with Crippen LogP contribution in [0.4, 0.5) is 5.69 Å². The van der Waals surface area contributed by atoms with E-state index >= 15 is 0 Å². The molecule has 2 N–H and O–H groups in total. The average molecular weight is 329 g/mol. The lowest BCUT2D eigenvalue weighted by atomic mass is 10.2. The number of morpholine rings is 1. The van der Waals surface area contributed by atoms with E-state index in [0.29, 0.717) is 37.7 Å². The highest BCUT2D eigenvalue weighted by atomic mass is 79.9. The summed E-state index contributed by atoms with van der Waals surface area (Å²) in [5, 5.41) is 0. The lowest BCUT2D eigenvalue weighted by Crippen LogP contribution is -2.46. The summed E-state index contributed by atoms with van der Waals surface area (Å²) in [6, 6.07) is 5.33. The minimum atomic E-state index is -0.554. The van der Waals surface area contributed by atoms with Crippen molar-refractivity contribution in [3.05, 3.63) is 22.7 Å². The van der Waals surface area contributed by atoms with E-state index in [2.05, 4.69) is 15.9 Å². The van der Waals surface area contributed by atoms with Crippen LogP contribution in [0.25, 0.3) is 0 Å². The third-order valence-corrected chi connectivity index (χ3v) is 3.44. The number of benzene rings is 1. The van der Waals surface area contributed by atoms with E-state index in [9.17, 15) is 4.79 Å². The third kappa shape index (κ3) is 3.61. The molecule has 104 valence electrons. The Morgan fingerprint density at radius 3 is 2.79 bits per heavy atom. The SMILES string of the molecule is CC(Oc1ccc(Br)cc1N)C(=O)N1CCOCC1. The quantitative estimate of drug-likeness (QED) is 0.857. The lowest BCUT2D eigenvalue weighted by molar-refractivity contribution is -0.142. The van der Waals surface area contributed by atoms with Crippen molar-refractivity contribution in [3.8, 4) is 5.75 Å². The molecular formula is C13H17BrN2O3. The predicted molar refractivity (Wildman–Crippen MR) is 76.0 cm³/mol. The molecule has 0 aliphatic carbocycles. The molecule has 0 radical (unpaired) electrons. The first kappa shape index (κ1) is 14.1. The molecule has 1 aliphatic heterocycles. The van der Waals surface area contributed by atoms with Crippen LogP contribution in [0.3, 0.4) is 0 Å². The van der Waals surface area contributed by atoms with Crippen molar-refractivity contribution in [3.63, 3.8) is 0 Å². The summed E-state index contributed by atoms with van der Waals surface area (Å²) >= 11 is 3.33. The van der Waals surface area contributed by atoms with Crippen LogP contribution in [-0.4, -0.2) is 43.2 Å². The summed E-state index contributed by atoms with van der Waals surface area (Å²) in [4.78, 5) is 13.9. The van der Waals surface area contributed by atoms with E-state index in [4.69, 9.17) is 15.2 Å². The van der Waals surface area contributed by atoms with E-state index in [0.717, 1.165) is 4.47 Å². The molecule has 1 fully saturated rings. The number of hydrogen-bond donors (Lipinski definition) is 1. The molecule has 0 spiro atoms. The molecule has 0 aromatic heterocycles. The number of rotatable bonds is 3. The van der Waals surface area contributed by atoms with Crippen LogP contribution >= 0.6 is 15.9 Å². The molecule has 2 rings (SSSR count). The summed E-state index contributed by atoms with van der Waals surface area (Å²) in [6.07, 6.45) is -0.554. The molecule has 1 aliphatic rings. The molecule has 0 saturated carbocycles. The smallest absolute Gasteiger partial charge is 0.263 e. The monoisotopic (exact) mass is 328 g/mol. The molecule has 19 heavy (non-hydrogen) atoms. The maximum atomic E-state index is 12.2. The highest BCUT2D eigenvalue weighted by Crippen LogP contribution is 2.26. The molecule has 1 amide bonds. The normalized spacial score (nSPS) is 17.1. The van der Waals surface area contributed by atoms with Crippen molar-refractivity contribution >= 4 is 27.5 Å². The fraction of sp³-hybridized carbons (Fsp3) is 0.462. The Bertz CT molecular complexity index is 461. The topological polar surface area (TPSA) is 64.8 Å². The van der Waals surface area contributed by atoms with Gasteiger partial charge in [-0.05, 0) is 25.1 Å². The van der Waals surface area contributed by atoms with Gasteiger partial charge in [-0.3, -0.25) is 4.79 Å². The van der Waals surface area contributed by atoms with Gasteiger partial charge in [0.25, 0.3) is 5.91 Å². The molecule has 0 bridgehead atoms. The summed E-state index contributed by atoms with van der Waals surface area (Å²) in [5.41, 5.74) is 6.36. The van der Waals surface area contributed by atoms with Gasteiger partial charge in [-0.25, -0.2) is 0 Å². The summed E-state index contributed by atoms with van der Waals surface area (Å²) in [6.45, 7) is 4.13. The Balaban J connectivity index is 1.99. The maximum Gasteiger partial charge on any atom is 0.263 e.